The Kier molecular flexibility index (Phi) is 7.01. The quantitative estimate of drug-likeness (QED) is 0.355. The maximum absolute atomic E-state index is 13.7. The zero-order valence-corrected chi connectivity index (χ0v) is 21.8. The molecule has 1 aliphatic heterocycles. The first kappa shape index (κ1) is 25.3. The van der Waals surface area contributed by atoms with E-state index in [4.69, 9.17) is 4.74 Å². The Morgan fingerprint density at radius 1 is 0.763 bits per heavy atom. The summed E-state index contributed by atoms with van der Waals surface area (Å²) >= 11 is 0. The number of halogens is 1. The molecular weight excluding hydrogens is 481 g/mol. The van der Waals surface area contributed by atoms with Gasteiger partial charge in [-0.15, -0.1) is 0 Å². The normalized spacial score (nSPS) is 13.5. The van der Waals surface area contributed by atoms with Crippen molar-refractivity contribution in [3.8, 4) is 22.7 Å². The van der Waals surface area contributed by atoms with Gasteiger partial charge in [0.05, 0.1) is 23.9 Å². The lowest BCUT2D eigenvalue weighted by Crippen LogP contribution is -2.50. The molecular formula is C31H30FN3O3. The van der Waals surface area contributed by atoms with Crippen LogP contribution in [0.15, 0.2) is 78.9 Å². The minimum Gasteiger partial charge on any atom is -0.496 e. The maximum Gasteiger partial charge on any atom is 0.257 e. The van der Waals surface area contributed by atoms with Gasteiger partial charge in [-0.3, -0.25) is 9.59 Å². The van der Waals surface area contributed by atoms with Crippen LogP contribution >= 0.6 is 0 Å². The third-order valence-corrected chi connectivity index (χ3v) is 7.10. The molecule has 0 atom stereocenters. The van der Waals surface area contributed by atoms with E-state index < -0.39 is 0 Å². The van der Waals surface area contributed by atoms with E-state index in [9.17, 15) is 14.0 Å². The van der Waals surface area contributed by atoms with Crippen molar-refractivity contribution in [2.75, 3.05) is 33.3 Å². The van der Waals surface area contributed by atoms with Gasteiger partial charge in [-0.1, -0.05) is 29.8 Å². The molecule has 0 radical (unpaired) electrons. The number of para-hydroxylation sites is 1. The van der Waals surface area contributed by atoms with E-state index in [-0.39, 0.29) is 17.6 Å². The number of hydrogen-bond donors (Lipinski definition) is 0. The molecule has 194 valence electrons. The molecule has 0 N–H and O–H groups in total. The Labute approximate surface area is 221 Å². The Morgan fingerprint density at radius 2 is 1.34 bits per heavy atom. The summed E-state index contributed by atoms with van der Waals surface area (Å²) in [4.78, 5) is 30.4. The number of hydrogen-bond acceptors (Lipinski definition) is 3. The molecule has 7 heteroatoms. The number of benzene rings is 3. The highest BCUT2D eigenvalue weighted by Gasteiger charge is 2.29. The summed E-state index contributed by atoms with van der Waals surface area (Å²) in [7, 11) is 1.55. The lowest BCUT2D eigenvalue weighted by molar-refractivity contribution is 0.0533. The van der Waals surface area contributed by atoms with Gasteiger partial charge < -0.3 is 19.1 Å². The highest BCUT2D eigenvalue weighted by atomic mass is 19.1. The molecule has 0 spiro atoms. The minimum atomic E-state index is -0.309. The SMILES string of the molecule is COc1ccccc1C(=O)N1CCN(C(=O)c2cc(-c3ccc(F)cc3)n(-c3ccc(C)cc3)c2C)CC1. The second-order valence-electron chi connectivity index (χ2n) is 9.49. The summed E-state index contributed by atoms with van der Waals surface area (Å²) in [5, 5.41) is 0. The van der Waals surface area contributed by atoms with Gasteiger partial charge in [0, 0.05) is 37.6 Å². The molecule has 0 aliphatic carbocycles. The topological polar surface area (TPSA) is 54.8 Å². The number of rotatable bonds is 5. The monoisotopic (exact) mass is 511 g/mol. The number of ether oxygens (including phenoxy) is 1. The predicted octanol–water partition coefficient (Wildman–Crippen LogP) is 5.51. The molecule has 5 rings (SSSR count). The average molecular weight is 512 g/mol. The van der Waals surface area contributed by atoms with Gasteiger partial charge in [0.2, 0.25) is 0 Å². The van der Waals surface area contributed by atoms with E-state index in [1.807, 2.05) is 60.9 Å². The van der Waals surface area contributed by atoms with Crippen molar-refractivity contribution in [3.63, 3.8) is 0 Å². The fraction of sp³-hybridized carbons (Fsp3) is 0.226. The van der Waals surface area contributed by atoms with E-state index in [0.29, 0.717) is 43.1 Å². The standard InChI is InChI=1S/C31H30FN3O3/c1-21-8-14-25(15-9-21)35-22(2)27(20-28(35)23-10-12-24(32)13-11-23)31(37)34-18-16-33(17-19-34)30(36)26-6-4-5-7-29(26)38-3/h4-15,20H,16-19H2,1-3H3. The average Bonchev–Trinajstić information content (AvgIpc) is 3.30. The number of aromatic nitrogens is 1. The van der Waals surface area contributed by atoms with Gasteiger partial charge in [0.15, 0.2) is 0 Å². The molecule has 1 aromatic heterocycles. The Balaban J connectivity index is 1.41. The van der Waals surface area contributed by atoms with Crippen molar-refractivity contribution in [3.05, 3.63) is 107 Å². The number of carbonyl (C=O) groups is 2. The van der Waals surface area contributed by atoms with Crippen molar-refractivity contribution >= 4 is 11.8 Å². The molecule has 1 saturated heterocycles. The van der Waals surface area contributed by atoms with Crippen molar-refractivity contribution < 1.29 is 18.7 Å². The molecule has 6 nitrogen and oxygen atoms in total. The lowest BCUT2D eigenvalue weighted by atomic mass is 10.1. The molecule has 0 bridgehead atoms. The van der Waals surface area contributed by atoms with Crippen molar-refractivity contribution in [1.29, 1.82) is 0 Å². The molecule has 4 aromatic rings. The van der Waals surface area contributed by atoms with Crippen LogP contribution in [0.3, 0.4) is 0 Å². The predicted molar refractivity (Wildman–Crippen MR) is 145 cm³/mol. The molecule has 1 aliphatic rings. The van der Waals surface area contributed by atoms with Crippen LogP contribution in [-0.2, 0) is 0 Å². The molecule has 0 saturated carbocycles. The maximum atomic E-state index is 13.7. The van der Waals surface area contributed by atoms with Crippen molar-refractivity contribution in [2.24, 2.45) is 0 Å². The van der Waals surface area contributed by atoms with Crippen LogP contribution in [0.4, 0.5) is 4.39 Å². The minimum absolute atomic E-state index is 0.0823. The molecule has 2 amide bonds. The van der Waals surface area contributed by atoms with Crippen LogP contribution in [0.1, 0.15) is 32.0 Å². The summed E-state index contributed by atoms with van der Waals surface area (Å²) in [6, 6.07) is 23.5. The van der Waals surface area contributed by atoms with Gasteiger partial charge in [-0.05, 0) is 74.0 Å². The van der Waals surface area contributed by atoms with Crippen molar-refractivity contribution in [2.45, 2.75) is 13.8 Å². The molecule has 2 heterocycles. The zero-order chi connectivity index (χ0) is 26.8. The van der Waals surface area contributed by atoms with Gasteiger partial charge >= 0.3 is 0 Å². The van der Waals surface area contributed by atoms with Gasteiger partial charge in [-0.25, -0.2) is 4.39 Å². The summed E-state index contributed by atoms with van der Waals surface area (Å²) in [6.45, 7) is 5.69. The number of methoxy groups -OCH3 is 1. The van der Waals surface area contributed by atoms with Gasteiger partial charge in [0.1, 0.15) is 11.6 Å². The molecule has 1 fully saturated rings. The largest absolute Gasteiger partial charge is 0.496 e. The molecule has 38 heavy (non-hydrogen) atoms. The van der Waals surface area contributed by atoms with E-state index in [2.05, 4.69) is 0 Å². The second-order valence-corrected chi connectivity index (χ2v) is 9.49. The fourth-order valence-electron chi connectivity index (χ4n) is 4.96. The number of carbonyl (C=O) groups excluding carboxylic acids is 2. The summed E-state index contributed by atoms with van der Waals surface area (Å²) in [5.41, 5.74) is 5.63. The van der Waals surface area contributed by atoms with Crippen LogP contribution < -0.4 is 4.74 Å². The third kappa shape index (κ3) is 4.79. The van der Waals surface area contributed by atoms with Gasteiger partial charge in [-0.2, -0.15) is 0 Å². The van der Waals surface area contributed by atoms with E-state index in [1.54, 1.807) is 41.2 Å². The lowest BCUT2D eigenvalue weighted by Gasteiger charge is -2.35. The fourth-order valence-corrected chi connectivity index (χ4v) is 4.96. The first-order valence-electron chi connectivity index (χ1n) is 12.6. The molecule has 0 unspecified atom stereocenters. The Hall–Kier alpha value is -4.39. The summed E-state index contributed by atoms with van der Waals surface area (Å²) in [6.07, 6.45) is 0. The highest BCUT2D eigenvalue weighted by molar-refractivity contribution is 5.99. The third-order valence-electron chi connectivity index (χ3n) is 7.10. The smallest absolute Gasteiger partial charge is 0.257 e. The van der Waals surface area contributed by atoms with E-state index >= 15 is 0 Å². The van der Waals surface area contributed by atoms with Crippen LogP contribution in [-0.4, -0.2) is 59.5 Å². The first-order valence-corrected chi connectivity index (χ1v) is 12.6. The Morgan fingerprint density at radius 3 is 1.95 bits per heavy atom. The van der Waals surface area contributed by atoms with Crippen LogP contribution in [0.2, 0.25) is 0 Å². The van der Waals surface area contributed by atoms with Crippen LogP contribution in [0.25, 0.3) is 16.9 Å². The number of aryl methyl sites for hydroxylation is 1. The van der Waals surface area contributed by atoms with E-state index in [1.165, 1.54) is 12.1 Å². The molecule has 3 aromatic carbocycles. The van der Waals surface area contributed by atoms with Gasteiger partial charge in [0.25, 0.3) is 11.8 Å². The number of nitrogens with zero attached hydrogens (tertiary/aromatic N) is 3. The summed E-state index contributed by atoms with van der Waals surface area (Å²) < 4.78 is 21.1. The summed E-state index contributed by atoms with van der Waals surface area (Å²) in [5.74, 6) is 0.0455. The number of piperazine rings is 1. The highest BCUT2D eigenvalue weighted by Crippen LogP contribution is 2.31. The van der Waals surface area contributed by atoms with E-state index in [0.717, 1.165) is 28.2 Å². The van der Waals surface area contributed by atoms with Crippen molar-refractivity contribution in [1.82, 2.24) is 14.4 Å². The first-order chi connectivity index (χ1) is 18.4. The van der Waals surface area contributed by atoms with Crippen LogP contribution in [0, 0.1) is 19.7 Å². The van der Waals surface area contributed by atoms with Crippen LogP contribution in [0.5, 0.6) is 5.75 Å². The number of amides is 2. The Bertz CT molecular complexity index is 1470. The second kappa shape index (κ2) is 10.5. The zero-order valence-electron chi connectivity index (χ0n) is 21.8.